The highest BCUT2D eigenvalue weighted by atomic mass is 16.5. The summed E-state index contributed by atoms with van der Waals surface area (Å²) in [6, 6.07) is 13.1. The summed E-state index contributed by atoms with van der Waals surface area (Å²) >= 11 is 0. The van der Waals surface area contributed by atoms with Crippen LogP contribution in [0.4, 0.5) is 11.8 Å². The summed E-state index contributed by atoms with van der Waals surface area (Å²) < 4.78 is 11.4. The van der Waals surface area contributed by atoms with E-state index >= 15 is 0 Å². The molecule has 3 aromatic heterocycles. The molecule has 0 aliphatic heterocycles. The van der Waals surface area contributed by atoms with Crippen molar-refractivity contribution >= 4 is 28.6 Å². The van der Waals surface area contributed by atoms with Gasteiger partial charge < -0.3 is 20.1 Å². The number of hydrogen-bond donors (Lipinski definition) is 2. The minimum absolute atomic E-state index is 0.194. The number of benzene rings is 1. The molecule has 9 heteroatoms. The molecule has 0 aliphatic rings. The minimum atomic E-state index is -0.194. The Morgan fingerprint density at radius 3 is 2.58 bits per heavy atom. The molecule has 0 bridgehead atoms. The van der Waals surface area contributed by atoms with Crippen LogP contribution in [-0.2, 0) is 4.79 Å². The lowest BCUT2D eigenvalue weighted by Crippen LogP contribution is -2.13. The molecule has 168 valence electrons. The van der Waals surface area contributed by atoms with Crippen molar-refractivity contribution in [3.63, 3.8) is 0 Å². The average molecular weight is 444 g/mol. The summed E-state index contributed by atoms with van der Waals surface area (Å²) in [5.41, 5.74) is 2.20. The molecule has 0 saturated carbocycles. The van der Waals surface area contributed by atoms with Crippen LogP contribution in [0.15, 0.2) is 54.9 Å². The van der Waals surface area contributed by atoms with Crippen molar-refractivity contribution in [1.82, 2.24) is 19.9 Å². The average Bonchev–Trinajstić information content (AvgIpc) is 2.78. The van der Waals surface area contributed by atoms with Crippen molar-refractivity contribution in [2.75, 3.05) is 17.7 Å². The molecule has 3 heterocycles. The summed E-state index contributed by atoms with van der Waals surface area (Å²) in [5, 5.41) is 6.71. The number of rotatable bonds is 7. The van der Waals surface area contributed by atoms with Gasteiger partial charge in [-0.2, -0.15) is 4.98 Å². The topological polar surface area (TPSA) is 111 Å². The van der Waals surface area contributed by atoms with Crippen LogP contribution in [0.5, 0.6) is 17.4 Å². The fourth-order valence-electron chi connectivity index (χ4n) is 3.20. The van der Waals surface area contributed by atoms with Gasteiger partial charge in [0.15, 0.2) is 0 Å². The highest BCUT2D eigenvalue weighted by molar-refractivity contribution is 5.87. The third-order valence-corrected chi connectivity index (χ3v) is 4.57. The van der Waals surface area contributed by atoms with E-state index in [1.807, 2.05) is 44.2 Å². The molecule has 0 spiro atoms. The van der Waals surface area contributed by atoms with Crippen molar-refractivity contribution in [1.29, 1.82) is 0 Å². The second-order valence-corrected chi connectivity index (χ2v) is 7.63. The molecule has 4 aromatic rings. The third kappa shape index (κ3) is 5.32. The highest BCUT2D eigenvalue weighted by Crippen LogP contribution is 2.31. The summed E-state index contributed by atoms with van der Waals surface area (Å²) in [6.45, 7) is 5.46. The number of nitrogens with one attached hydrogen (secondary N) is 2. The van der Waals surface area contributed by atoms with Crippen LogP contribution < -0.4 is 20.1 Å². The largest absolute Gasteiger partial charge is 0.480 e. The van der Waals surface area contributed by atoms with Crippen molar-refractivity contribution < 1.29 is 14.3 Å². The molecule has 0 radical (unpaired) electrons. The van der Waals surface area contributed by atoms with Gasteiger partial charge in [0.25, 0.3) is 0 Å². The molecule has 9 nitrogen and oxygen atoms in total. The Morgan fingerprint density at radius 2 is 1.82 bits per heavy atom. The number of fused-ring (bicyclic) bond motifs is 1. The fraction of sp³-hybridized carbons (Fsp3) is 0.208. The number of methoxy groups -OCH3 is 1. The minimum Gasteiger partial charge on any atom is -0.480 e. The van der Waals surface area contributed by atoms with E-state index < -0.39 is 0 Å². The monoisotopic (exact) mass is 444 g/mol. The Labute approximate surface area is 191 Å². The van der Waals surface area contributed by atoms with Gasteiger partial charge in [0.2, 0.25) is 17.7 Å². The molecule has 4 rings (SSSR count). The molecule has 0 fully saturated rings. The van der Waals surface area contributed by atoms with E-state index in [4.69, 9.17) is 14.5 Å². The first-order valence-corrected chi connectivity index (χ1v) is 10.4. The van der Waals surface area contributed by atoms with E-state index in [0.717, 1.165) is 10.9 Å². The molecule has 0 unspecified atom stereocenters. The van der Waals surface area contributed by atoms with E-state index in [1.54, 1.807) is 31.6 Å². The van der Waals surface area contributed by atoms with Crippen LogP contribution >= 0.6 is 0 Å². The maximum absolute atomic E-state index is 11.2. The first-order valence-electron chi connectivity index (χ1n) is 10.4. The van der Waals surface area contributed by atoms with Crippen LogP contribution in [-0.4, -0.2) is 39.0 Å². The van der Waals surface area contributed by atoms with E-state index in [2.05, 4.69) is 25.6 Å². The second-order valence-electron chi connectivity index (χ2n) is 7.63. The normalized spacial score (nSPS) is 10.8. The van der Waals surface area contributed by atoms with Gasteiger partial charge in [0.05, 0.1) is 23.9 Å². The van der Waals surface area contributed by atoms with Gasteiger partial charge in [-0.15, -0.1) is 0 Å². The number of amides is 1. The van der Waals surface area contributed by atoms with Gasteiger partial charge >= 0.3 is 0 Å². The van der Waals surface area contributed by atoms with Crippen LogP contribution in [0.25, 0.3) is 22.2 Å². The van der Waals surface area contributed by atoms with Crippen molar-refractivity contribution in [3.05, 3.63) is 54.9 Å². The van der Waals surface area contributed by atoms with Gasteiger partial charge in [-0.05, 0) is 44.2 Å². The van der Waals surface area contributed by atoms with Crippen LogP contribution in [0.2, 0.25) is 0 Å². The summed E-state index contributed by atoms with van der Waals surface area (Å²) in [6.07, 6.45) is 3.28. The summed E-state index contributed by atoms with van der Waals surface area (Å²) in [4.78, 5) is 28.9. The summed E-state index contributed by atoms with van der Waals surface area (Å²) in [7, 11) is 1.58. The van der Waals surface area contributed by atoms with Gasteiger partial charge in [-0.3, -0.25) is 4.79 Å². The van der Waals surface area contributed by atoms with E-state index in [9.17, 15) is 4.79 Å². The first-order chi connectivity index (χ1) is 15.9. The van der Waals surface area contributed by atoms with Gasteiger partial charge in [0, 0.05) is 36.8 Å². The number of anilines is 2. The number of carbonyl (C=O) groups is 1. The standard InChI is InChI=1S/C24H24N6O3/c1-14(2)27-24-26-13-19(23(30-24)32-4)21-7-5-16-11-17(6-8-20(16)29-21)33-18-9-10-25-22(12-18)28-15(3)31/h5-14H,1-4H3,(H,25,28,31)(H,26,27,30). The predicted molar refractivity (Wildman–Crippen MR) is 127 cm³/mol. The molecular formula is C24H24N6O3. The molecule has 1 aromatic carbocycles. The molecule has 0 saturated heterocycles. The van der Waals surface area contributed by atoms with Crippen molar-refractivity contribution in [2.24, 2.45) is 0 Å². The van der Waals surface area contributed by atoms with Crippen LogP contribution in [0.1, 0.15) is 20.8 Å². The van der Waals surface area contributed by atoms with Gasteiger partial charge in [-0.1, -0.05) is 6.07 Å². The van der Waals surface area contributed by atoms with Crippen LogP contribution in [0, 0.1) is 0 Å². The SMILES string of the molecule is COc1nc(NC(C)C)ncc1-c1ccc2cc(Oc3ccnc(NC(C)=O)c3)ccc2n1. The Hall–Kier alpha value is -4.27. The van der Waals surface area contributed by atoms with E-state index in [1.165, 1.54) is 6.92 Å². The number of aromatic nitrogens is 4. The van der Waals surface area contributed by atoms with Gasteiger partial charge in [0.1, 0.15) is 17.3 Å². The smallest absolute Gasteiger partial charge is 0.227 e. The zero-order chi connectivity index (χ0) is 23.4. The molecular weight excluding hydrogens is 420 g/mol. The number of hydrogen-bond acceptors (Lipinski definition) is 8. The number of nitrogens with zero attached hydrogens (tertiary/aromatic N) is 4. The fourth-order valence-corrected chi connectivity index (χ4v) is 3.20. The zero-order valence-corrected chi connectivity index (χ0v) is 18.8. The highest BCUT2D eigenvalue weighted by Gasteiger charge is 2.13. The van der Waals surface area contributed by atoms with Crippen molar-refractivity contribution in [2.45, 2.75) is 26.8 Å². The number of pyridine rings is 2. The lowest BCUT2D eigenvalue weighted by Gasteiger charge is -2.12. The lowest BCUT2D eigenvalue weighted by molar-refractivity contribution is -0.114. The first kappa shape index (κ1) is 21.9. The summed E-state index contributed by atoms with van der Waals surface area (Å²) in [5.74, 6) is 2.40. The Balaban J connectivity index is 1.59. The molecule has 1 amide bonds. The lowest BCUT2D eigenvalue weighted by atomic mass is 10.1. The zero-order valence-electron chi connectivity index (χ0n) is 18.8. The molecule has 33 heavy (non-hydrogen) atoms. The maximum Gasteiger partial charge on any atom is 0.227 e. The predicted octanol–water partition coefficient (Wildman–Crippen LogP) is 4.67. The van der Waals surface area contributed by atoms with Crippen LogP contribution in [0.3, 0.4) is 0 Å². The van der Waals surface area contributed by atoms with Crippen molar-refractivity contribution in [3.8, 4) is 28.6 Å². The molecule has 0 aliphatic carbocycles. The third-order valence-electron chi connectivity index (χ3n) is 4.57. The molecule has 0 atom stereocenters. The Morgan fingerprint density at radius 1 is 1.00 bits per heavy atom. The van der Waals surface area contributed by atoms with Gasteiger partial charge in [-0.25, -0.2) is 15.0 Å². The number of carbonyl (C=O) groups excluding carboxylic acids is 1. The Kier molecular flexibility index (Phi) is 6.30. The van der Waals surface area contributed by atoms with E-state index in [0.29, 0.717) is 40.4 Å². The maximum atomic E-state index is 11.2. The second kappa shape index (κ2) is 9.47. The number of ether oxygens (including phenoxy) is 2. The molecule has 2 N–H and O–H groups in total. The quantitative estimate of drug-likeness (QED) is 0.423. The Bertz CT molecular complexity index is 1310. The van der Waals surface area contributed by atoms with E-state index in [-0.39, 0.29) is 11.9 Å².